The number of carbonyl (C=O) groups is 1. The quantitative estimate of drug-likeness (QED) is 0.606. The molecule has 0 unspecified atom stereocenters. The van der Waals surface area contributed by atoms with E-state index in [1.54, 1.807) is 12.1 Å². The third kappa shape index (κ3) is 5.11. The van der Waals surface area contributed by atoms with Crippen LogP contribution in [0.15, 0.2) is 18.3 Å². The smallest absolute Gasteiger partial charge is 0.226 e. The van der Waals surface area contributed by atoms with Gasteiger partial charge in [-0.15, -0.1) is 0 Å². The van der Waals surface area contributed by atoms with Crippen molar-refractivity contribution in [1.82, 2.24) is 15.0 Å². The highest BCUT2D eigenvalue weighted by atomic mass is 32.2. The number of nitrogens with one attached hydrogen (secondary N) is 2. The number of hydrogen-bond donors (Lipinski definition) is 3. The Labute approximate surface area is 106 Å². The molecule has 1 aromatic heterocycles. The van der Waals surface area contributed by atoms with E-state index in [0.29, 0.717) is 11.4 Å². The van der Waals surface area contributed by atoms with E-state index < -0.39 is 10.0 Å². The molecule has 100 valence electrons. The molecular weight excluding hydrogens is 256 g/mol. The summed E-state index contributed by atoms with van der Waals surface area (Å²) in [6, 6.07) is 3.31. The molecule has 18 heavy (non-hydrogen) atoms. The first kappa shape index (κ1) is 14.4. The number of hydrogen-bond acceptors (Lipinski definition) is 5. The molecule has 1 amide bonds. The molecule has 4 N–H and O–H groups in total. The molecule has 0 aliphatic heterocycles. The zero-order valence-corrected chi connectivity index (χ0v) is 10.8. The molecular formula is C10H16N4O3S. The monoisotopic (exact) mass is 272 g/mol. The normalized spacial score (nSPS) is 11.2. The molecule has 0 saturated carbocycles. The summed E-state index contributed by atoms with van der Waals surface area (Å²) in [5, 5.41) is 2.51. The lowest BCUT2D eigenvalue weighted by molar-refractivity contribution is -0.120. The number of anilines is 1. The number of amides is 1. The third-order valence-electron chi connectivity index (χ3n) is 2.19. The standard InChI is InChI=1S/C10H16N4O3S/c1-12-18(16,17)5-4-13-10(15)6-9-3-2-8(11)7-14-9/h2-3,7,12H,4-6,11H2,1H3,(H,13,15). The summed E-state index contributed by atoms with van der Waals surface area (Å²) < 4.78 is 24.3. The van der Waals surface area contributed by atoms with Crippen molar-refractivity contribution >= 4 is 21.6 Å². The van der Waals surface area contributed by atoms with Gasteiger partial charge in [-0.1, -0.05) is 0 Å². The van der Waals surface area contributed by atoms with Gasteiger partial charge in [0.15, 0.2) is 0 Å². The maximum atomic E-state index is 11.5. The van der Waals surface area contributed by atoms with Crippen molar-refractivity contribution in [3.05, 3.63) is 24.0 Å². The Morgan fingerprint density at radius 2 is 2.17 bits per heavy atom. The maximum absolute atomic E-state index is 11.5. The topological polar surface area (TPSA) is 114 Å². The van der Waals surface area contributed by atoms with Crippen LogP contribution in [0.5, 0.6) is 0 Å². The first-order valence-electron chi connectivity index (χ1n) is 5.31. The van der Waals surface area contributed by atoms with Crippen molar-refractivity contribution in [1.29, 1.82) is 0 Å². The van der Waals surface area contributed by atoms with Crippen LogP contribution in [0.1, 0.15) is 5.69 Å². The van der Waals surface area contributed by atoms with E-state index in [-0.39, 0.29) is 24.6 Å². The second-order valence-corrected chi connectivity index (χ2v) is 5.68. The number of nitrogen functional groups attached to an aromatic ring is 1. The number of pyridine rings is 1. The van der Waals surface area contributed by atoms with E-state index in [4.69, 9.17) is 5.73 Å². The van der Waals surface area contributed by atoms with Gasteiger partial charge in [0, 0.05) is 12.2 Å². The minimum atomic E-state index is -3.29. The summed E-state index contributed by atoms with van der Waals surface area (Å²) >= 11 is 0. The molecule has 1 aromatic rings. The minimum Gasteiger partial charge on any atom is -0.397 e. The van der Waals surface area contributed by atoms with Gasteiger partial charge in [-0.25, -0.2) is 13.1 Å². The van der Waals surface area contributed by atoms with Crippen LogP contribution >= 0.6 is 0 Å². The first-order valence-corrected chi connectivity index (χ1v) is 6.96. The maximum Gasteiger partial charge on any atom is 0.226 e. The lowest BCUT2D eigenvalue weighted by atomic mass is 10.2. The molecule has 8 heteroatoms. The van der Waals surface area contributed by atoms with Gasteiger partial charge in [0.1, 0.15) is 0 Å². The molecule has 0 aliphatic carbocycles. The number of aromatic nitrogens is 1. The molecule has 0 saturated heterocycles. The van der Waals surface area contributed by atoms with Crippen LogP contribution in [-0.2, 0) is 21.2 Å². The van der Waals surface area contributed by atoms with Gasteiger partial charge in [-0.3, -0.25) is 9.78 Å². The highest BCUT2D eigenvalue weighted by molar-refractivity contribution is 7.89. The molecule has 0 radical (unpaired) electrons. The summed E-state index contributed by atoms with van der Waals surface area (Å²) in [7, 11) is -1.96. The number of nitrogens with two attached hydrogens (primary N) is 1. The molecule has 0 spiro atoms. The Hall–Kier alpha value is -1.67. The van der Waals surface area contributed by atoms with Crippen molar-refractivity contribution in [3.8, 4) is 0 Å². The van der Waals surface area contributed by atoms with Crippen LogP contribution in [-0.4, -0.2) is 38.7 Å². The average Bonchev–Trinajstić information content (AvgIpc) is 2.32. The Kier molecular flexibility index (Phi) is 5.05. The van der Waals surface area contributed by atoms with Crippen molar-refractivity contribution < 1.29 is 13.2 Å². The van der Waals surface area contributed by atoms with Gasteiger partial charge in [0.25, 0.3) is 0 Å². The molecule has 1 heterocycles. The highest BCUT2D eigenvalue weighted by Crippen LogP contribution is 2.01. The van der Waals surface area contributed by atoms with Crippen LogP contribution in [0.25, 0.3) is 0 Å². The molecule has 0 bridgehead atoms. The van der Waals surface area contributed by atoms with Crippen LogP contribution < -0.4 is 15.8 Å². The summed E-state index contributed by atoms with van der Waals surface area (Å²) in [4.78, 5) is 15.4. The van der Waals surface area contributed by atoms with E-state index in [0.717, 1.165) is 0 Å². The van der Waals surface area contributed by atoms with Crippen molar-refractivity contribution in [2.45, 2.75) is 6.42 Å². The lowest BCUT2D eigenvalue weighted by Crippen LogP contribution is -2.33. The minimum absolute atomic E-state index is 0.0664. The lowest BCUT2D eigenvalue weighted by Gasteiger charge is -2.05. The predicted octanol–water partition coefficient (Wildman–Crippen LogP) is -1.13. The van der Waals surface area contributed by atoms with Crippen molar-refractivity contribution in [3.63, 3.8) is 0 Å². The van der Waals surface area contributed by atoms with Crippen LogP contribution in [0.3, 0.4) is 0 Å². The predicted molar refractivity (Wildman–Crippen MR) is 68.2 cm³/mol. The third-order valence-corrected chi connectivity index (χ3v) is 3.56. The second-order valence-electron chi connectivity index (χ2n) is 3.63. The Morgan fingerprint density at radius 1 is 1.44 bits per heavy atom. The second kappa shape index (κ2) is 6.31. The Bertz CT molecular complexity index is 498. The zero-order valence-electron chi connectivity index (χ0n) is 10.0. The Morgan fingerprint density at radius 3 is 2.72 bits per heavy atom. The van der Waals surface area contributed by atoms with E-state index >= 15 is 0 Å². The summed E-state index contributed by atoms with van der Waals surface area (Å²) in [5.74, 6) is -0.428. The first-order chi connectivity index (χ1) is 8.43. The Balaban J connectivity index is 2.36. The average molecular weight is 272 g/mol. The zero-order chi connectivity index (χ0) is 13.6. The number of sulfonamides is 1. The molecule has 0 aliphatic rings. The fourth-order valence-corrected chi connectivity index (χ4v) is 1.77. The van der Waals surface area contributed by atoms with E-state index in [1.165, 1.54) is 13.2 Å². The SMILES string of the molecule is CNS(=O)(=O)CCNC(=O)Cc1ccc(N)cn1. The molecule has 0 atom stereocenters. The fraction of sp³-hybridized carbons (Fsp3) is 0.400. The largest absolute Gasteiger partial charge is 0.397 e. The van der Waals surface area contributed by atoms with E-state index in [1.807, 2.05) is 0 Å². The summed E-state index contributed by atoms with van der Waals surface area (Å²) in [5.41, 5.74) is 6.57. The molecule has 0 aromatic carbocycles. The summed E-state index contributed by atoms with van der Waals surface area (Å²) in [6.45, 7) is 0.0664. The van der Waals surface area contributed by atoms with Crippen molar-refractivity contribution in [2.75, 3.05) is 25.1 Å². The van der Waals surface area contributed by atoms with Gasteiger partial charge in [-0.2, -0.15) is 0 Å². The van der Waals surface area contributed by atoms with E-state index in [2.05, 4.69) is 15.0 Å². The van der Waals surface area contributed by atoms with Gasteiger partial charge in [0.05, 0.1) is 24.1 Å². The molecule has 7 nitrogen and oxygen atoms in total. The van der Waals surface area contributed by atoms with Crippen LogP contribution in [0, 0.1) is 0 Å². The van der Waals surface area contributed by atoms with Crippen LogP contribution in [0.4, 0.5) is 5.69 Å². The molecule has 0 fully saturated rings. The van der Waals surface area contributed by atoms with Gasteiger partial charge in [-0.05, 0) is 19.2 Å². The highest BCUT2D eigenvalue weighted by Gasteiger charge is 2.08. The number of nitrogens with zero attached hydrogens (tertiary/aromatic N) is 1. The van der Waals surface area contributed by atoms with Crippen LogP contribution in [0.2, 0.25) is 0 Å². The number of carbonyl (C=O) groups excluding carboxylic acids is 1. The fourth-order valence-electron chi connectivity index (χ4n) is 1.19. The van der Waals surface area contributed by atoms with Gasteiger partial charge < -0.3 is 11.1 Å². The van der Waals surface area contributed by atoms with Gasteiger partial charge >= 0.3 is 0 Å². The number of rotatable bonds is 6. The van der Waals surface area contributed by atoms with Gasteiger partial charge in [0.2, 0.25) is 15.9 Å². The van der Waals surface area contributed by atoms with Crippen molar-refractivity contribution in [2.24, 2.45) is 0 Å². The summed E-state index contributed by atoms with van der Waals surface area (Å²) in [6.07, 6.45) is 1.56. The van der Waals surface area contributed by atoms with E-state index in [9.17, 15) is 13.2 Å². The molecule has 1 rings (SSSR count).